The Kier molecular flexibility index (Phi) is 1.57. The van der Waals surface area contributed by atoms with Crippen LogP contribution in [-0.4, -0.2) is 20.8 Å². The van der Waals surface area contributed by atoms with E-state index in [2.05, 4.69) is 27.2 Å². The summed E-state index contributed by atoms with van der Waals surface area (Å²) in [5.74, 6) is 1.07. The normalized spacial score (nSPS) is 14.8. The van der Waals surface area contributed by atoms with Gasteiger partial charge in [0.2, 0.25) is 0 Å². The van der Waals surface area contributed by atoms with Gasteiger partial charge in [-0.1, -0.05) is 23.3 Å². The van der Waals surface area contributed by atoms with Gasteiger partial charge in [-0.05, 0) is 22.8 Å². The molecule has 4 nitrogen and oxygen atoms in total. The van der Waals surface area contributed by atoms with Crippen LogP contribution in [0.4, 0.5) is 0 Å². The van der Waals surface area contributed by atoms with Crippen molar-refractivity contribution in [1.29, 1.82) is 0 Å². The highest BCUT2D eigenvalue weighted by Crippen LogP contribution is 2.24. The van der Waals surface area contributed by atoms with E-state index in [9.17, 15) is 0 Å². The van der Waals surface area contributed by atoms with Gasteiger partial charge in [0.15, 0.2) is 5.52 Å². The van der Waals surface area contributed by atoms with Crippen LogP contribution in [0.1, 0.15) is 0 Å². The lowest BCUT2D eigenvalue weighted by Crippen LogP contribution is -2.37. The van der Waals surface area contributed by atoms with E-state index in [0.717, 1.165) is 39.5 Å². The maximum Gasteiger partial charge on any atom is 0.382 e. The lowest BCUT2D eigenvalue weighted by Gasteiger charge is -1.89. The third-order valence-electron chi connectivity index (χ3n) is 2.84. The lowest BCUT2D eigenvalue weighted by atomic mass is 10.2. The molecule has 0 aliphatic carbocycles. The average molecular weight is 229 g/mol. The largest absolute Gasteiger partial charge is 0.382 e. The zero-order chi connectivity index (χ0) is 10.5. The third kappa shape index (κ3) is 1.03. The van der Waals surface area contributed by atoms with Gasteiger partial charge in [0.25, 0.3) is 5.65 Å². The van der Waals surface area contributed by atoms with E-state index in [1.165, 1.54) is 0 Å². The molecule has 4 rings (SSSR count). The molecule has 0 spiro atoms. The number of fused-ring (bicyclic) bond motifs is 4. The Balaban J connectivity index is 2.19. The summed E-state index contributed by atoms with van der Waals surface area (Å²) in [6, 6.07) is 8.19. The van der Waals surface area contributed by atoms with Gasteiger partial charge in [-0.25, -0.2) is 0 Å². The summed E-state index contributed by atoms with van der Waals surface area (Å²) in [6.07, 6.45) is 0. The molecule has 0 amide bonds. The molecule has 0 fully saturated rings. The molecule has 1 N–H and O–H groups in total. The summed E-state index contributed by atoms with van der Waals surface area (Å²) in [5.41, 5.74) is 2.97. The number of hydrogen-bond acceptors (Lipinski definition) is 3. The molecule has 5 heteroatoms. The number of aryl methyl sites for hydroxylation is 1. The maximum absolute atomic E-state index is 4.65. The summed E-state index contributed by atoms with van der Waals surface area (Å²) < 4.78 is 1.99. The zero-order valence-corrected chi connectivity index (χ0v) is 9.29. The molecule has 0 saturated heterocycles. The van der Waals surface area contributed by atoms with Crippen LogP contribution in [0.15, 0.2) is 29.4 Å². The van der Waals surface area contributed by atoms with E-state index in [1.807, 2.05) is 16.8 Å². The minimum atomic E-state index is 0.891. The summed E-state index contributed by atoms with van der Waals surface area (Å²) in [4.78, 5) is 7.91. The summed E-state index contributed by atoms with van der Waals surface area (Å²) >= 11 is 1.76. The molecule has 1 aromatic carbocycles. The summed E-state index contributed by atoms with van der Waals surface area (Å²) in [6.45, 7) is 0.961. The Labute approximate surface area is 95.7 Å². The number of para-hydroxylation sites is 1. The molecule has 0 saturated carbocycles. The number of rotatable bonds is 0. The SMILES string of the molecule is c1ccc2c(c1)[nH]c1nc3[n+](nc12)CCS3. The monoisotopic (exact) mass is 229 g/mol. The predicted molar refractivity (Wildman–Crippen MR) is 62.3 cm³/mol. The van der Waals surface area contributed by atoms with Crippen molar-refractivity contribution < 1.29 is 4.68 Å². The number of benzene rings is 1. The molecule has 78 valence electrons. The van der Waals surface area contributed by atoms with Crippen molar-refractivity contribution in [1.82, 2.24) is 15.1 Å². The van der Waals surface area contributed by atoms with Crippen LogP contribution in [0.25, 0.3) is 22.1 Å². The van der Waals surface area contributed by atoms with Crippen LogP contribution in [0, 0.1) is 0 Å². The molecule has 3 heterocycles. The smallest absolute Gasteiger partial charge is 0.317 e. The first-order valence-electron chi connectivity index (χ1n) is 5.23. The third-order valence-corrected chi connectivity index (χ3v) is 3.79. The van der Waals surface area contributed by atoms with Crippen molar-refractivity contribution in [3.8, 4) is 0 Å². The number of nitrogens with one attached hydrogen (secondary N) is 1. The van der Waals surface area contributed by atoms with E-state index < -0.39 is 0 Å². The van der Waals surface area contributed by atoms with E-state index in [-0.39, 0.29) is 0 Å². The van der Waals surface area contributed by atoms with Crippen molar-refractivity contribution in [2.24, 2.45) is 0 Å². The zero-order valence-electron chi connectivity index (χ0n) is 8.47. The number of aromatic amines is 1. The Morgan fingerprint density at radius 1 is 1.31 bits per heavy atom. The van der Waals surface area contributed by atoms with E-state index >= 15 is 0 Å². The van der Waals surface area contributed by atoms with Gasteiger partial charge in [-0.15, -0.1) is 4.68 Å². The van der Waals surface area contributed by atoms with Gasteiger partial charge in [0, 0.05) is 11.1 Å². The Morgan fingerprint density at radius 2 is 2.25 bits per heavy atom. The first-order chi connectivity index (χ1) is 7.92. The van der Waals surface area contributed by atoms with E-state index in [4.69, 9.17) is 0 Å². The van der Waals surface area contributed by atoms with E-state index in [0.29, 0.717) is 0 Å². The molecular weight excluding hydrogens is 220 g/mol. The Hall–Kier alpha value is -1.62. The number of H-pyrrole nitrogens is 1. The minimum Gasteiger partial charge on any atom is -0.317 e. The van der Waals surface area contributed by atoms with Crippen LogP contribution >= 0.6 is 11.8 Å². The fourth-order valence-corrected chi connectivity index (χ4v) is 2.97. The van der Waals surface area contributed by atoms with Gasteiger partial charge in [-0.2, -0.15) is 0 Å². The van der Waals surface area contributed by atoms with Gasteiger partial charge in [0.05, 0.1) is 5.52 Å². The lowest BCUT2D eigenvalue weighted by molar-refractivity contribution is -0.780. The summed E-state index contributed by atoms with van der Waals surface area (Å²) in [7, 11) is 0. The summed E-state index contributed by atoms with van der Waals surface area (Å²) in [5, 5.41) is 6.81. The van der Waals surface area contributed by atoms with Crippen molar-refractivity contribution in [3.63, 3.8) is 0 Å². The van der Waals surface area contributed by atoms with Crippen LogP contribution in [0.3, 0.4) is 0 Å². The van der Waals surface area contributed by atoms with Crippen LogP contribution < -0.4 is 4.68 Å². The quantitative estimate of drug-likeness (QED) is 0.594. The van der Waals surface area contributed by atoms with Crippen LogP contribution in [0.2, 0.25) is 0 Å². The highest BCUT2D eigenvalue weighted by molar-refractivity contribution is 7.99. The second-order valence-electron chi connectivity index (χ2n) is 3.83. The average Bonchev–Trinajstić information content (AvgIpc) is 2.88. The van der Waals surface area contributed by atoms with Gasteiger partial charge in [-0.3, -0.25) is 0 Å². The molecule has 16 heavy (non-hydrogen) atoms. The maximum atomic E-state index is 4.65. The van der Waals surface area contributed by atoms with Crippen LogP contribution in [-0.2, 0) is 6.54 Å². The van der Waals surface area contributed by atoms with Crippen LogP contribution in [0.5, 0.6) is 0 Å². The molecule has 0 atom stereocenters. The van der Waals surface area contributed by atoms with Gasteiger partial charge >= 0.3 is 5.16 Å². The second-order valence-corrected chi connectivity index (χ2v) is 4.90. The highest BCUT2D eigenvalue weighted by Gasteiger charge is 2.25. The predicted octanol–water partition coefficient (Wildman–Crippen LogP) is 1.50. The second kappa shape index (κ2) is 2.95. The molecule has 0 radical (unpaired) electrons. The molecule has 1 aliphatic rings. The molecule has 0 bridgehead atoms. The number of nitrogens with zero attached hydrogens (tertiary/aromatic N) is 3. The van der Waals surface area contributed by atoms with Crippen molar-refractivity contribution in [2.45, 2.75) is 11.7 Å². The first-order valence-corrected chi connectivity index (χ1v) is 6.22. The van der Waals surface area contributed by atoms with Gasteiger partial charge < -0.3 is 4.98 Å². The fourth-order valence-electron chi connectivity index (χ4n) is 2.09. The minimum absolute atomic E-state index is 0.891. The first kappa shape index (κ1) is 8.52. The molecule has 1 aliphatic heterocycles. The van der Waals surface area contributed by atoms with Crippen molar-refractivity contribution in [2.75, 3.05) is 5.75 Å². The topological polar surface area (TPSA) is 45.5 Å². The standard InChI is InChI=1S/C11H8N4S/c1-2-4-8-7(3-1)9-10(12-8)13-11-15(14-9)5-6-16-11/h1-4H,5-6H2/p+1. The Morgan fingerprint density at radius 3 is 3.25 bits per heavy atom. The van der Waals surface area contributed by atoms with Gasteiger partial charge in [0.1, 0.15) is 6.54 Å². The molecule has 3 aromatic rings. The Bertz CT molecular complexity index is 704. The number of hydrogen-bond donors (Lipinski definition) is 1. The molecule has 2 aromatic heterocycles. The number of aromatic nitrogens is 4. The fraction of sp³-hybridized carbons (Fsp3) is 0.182. The van der Waals surface area contributed by atoms with Crippen molar-refractivity contribution >= 4 is 33.8 Å². The highest BCUT2D eigenvalue weighted by atomic mass is 32.2. The number of thioether (sulfide) groups is 1. The van der Waals surface area contributed by atoms with Crippen molar-refractivity contribution in [3.05, 3.63) is 24.3 Å². The molecular formula is C11H9N4S+. The van der Waals surface area contributed by atoms with E-state index in [1.54, 1.807) is 11.8 Å². The molecule has 0 unspecified atom stereocenters.